The van der Waals surface area contributed by atoms with Crippen molar-refractivity contribution in [3.8, 4) is 0 Å². The Morgan fingerprint density at radius 3 is 2.50 bits per heavy atom. The Kier molecular flexibility index (Phi) is 3.20. The summed E-state index contributed by atoms with van der Waals surface area (Å²) in [6, 6.07) is 16.7. The van der Waals surface area contributed by atoms with Crippen LogP contribution < -0.4 is 4.57 Å². The molecule has 6 heteroatoms. The second-order valence-corrected chi connectivity index (χ2v) is 7.68. The minimum atomic E-state index is -4.51. The predicted octanol–water partition coefficient (Wildman–Crippen LogP) is 6.30. The van der Waals surface area contributed by atoms with Gasteiger partial charge in [0.25, 0.3) is 5.65 Å². The van der Waals surface area contributed by atoms with E-state index in [1.807, 2.05) is 53.8 Å². The number of aryl methyl sites for hydroxylation is 2. The fraction of sp³-hybridized carbons (Fsp3) is 0.125. The van der Waals surface area contributed by atoms with Gasteiger partial charge in [0, 0.05) is 10.8 Å². The topological polar surface area (TPSA) is 21.4 Å². The fourth-order valence-electron chi connectivity index (χ4n) is 4.83. The molecule has 0 radical (unpaired) electrons. The molecule has 0 fully saturated rings. The minimum Gasteiger partial charge on any atom is -0.464 e. The first kappa shape index (κ1) is 17.3. The molecule has 0 saturated carbocycles. The normalized spacial score (nSPS) is 12.8. The number of rotatable bonds is 0. The Hall–Kier alpha value is -3.54. The molecule has 3 aromatic heterocycles. The molecule has 3 aromatic carbocycles. The molecule has 0 aliphatic heterocycles. The first-order chi connectivity index (χ1) is 14.4. The van der Waals surface area contributed by atoms with Crippen LogP contribution in [-0.4, -0.2) is 4.40 Å². The van der Waals surface area contributed by atoms with E-state index in [0.29, 0.717) is 10.9 Å². The highest BCUT2D eigenvalue weighted by Crippen LogP contribution is 2.41. The van der Waals surface area contributed by atoms with Gasteiger partial charge in [0.2, 0.25) is 0 Å². The van der Waals surface area contributed by atoms with Crippen LogP contribution >= 0.6 is 0 Å². The molecule has 0 amide bonds. The third-order valence-corrected chi connectivity index (χ3v) is 6.03. The van der Waals surface area contributed by atoms with Gasteiger partial charge in [0.15, 0.2) is 11.0 Å². The number of benzene rings is 3. The maximum atomic E-state index is 14.1. The molecule has 0 N–H and O–H groups in total. The van der Waals surface area contributed by atoms with E-state index in [4.69, 9.17) is 4.42 Å². The number of pyridine rings is 1. The monoisotopic (exact) mass is 405 g/mol. The van der Waals surface area contributed by atoms with Crippen LogP contribution in [0.1, 0.15) is 11.1 Å². The van der Waals surface area contributed by atoms with Gasteiger partial charge in [0.05, 0.1) is 24.1 Å². The van der Waals surface area contributed by atoms with Gasteiger partial charge in [-0.05, 0) is 30.7 Å². The van der Waals surface area contributed by atoms with Crippen LogP contribution in [0.25, 0.3) is 49.3 Å². The van der Waals surface area contributed by atoms with Crippen LogP contribution in [0.3, 0.4) is 0 Å². The molecule has 30 heavy (non-hydrogen) atoms. The number of nitrogens with zero attached hydrogens (tertiary/aromatic N) is 2. The first-order valence-corrected chi connectivity index (χ1v) is 9.59. The largest absolute Gasteiger partial charge is 0.464 e. The lowest BCUT2D eigenvalue weighted by atomic mass is 10.0. The molecule has 0 spiro atoms. The van der Waals surface area contributed by atoms with Crippen molar-refractivity contribution in [2.45, 2.75) is 13.1 Å². The van der Waals surface area contributed by atoms with Crippen LogP contribution in [0.4, 0.5) is 13.2 Å². The number of hydrogen-bond acceptors (Lipinski definition) is 1. The average molecular weight is 405 g/mol. The maximum Gasteiger partial charge on any atom is 0.420 e. The van der Waals surface area contributed by atoms with Gasteiger partial charge in [-0.2, -0.15) is 17.6 Å². The molecular weight excluding hydrogens is 389 g/mol. The summed E-state index contributed by atoms with van der Waals surface area (Å²) < 4.78 is 51.4. The van der Waals surface area contributed by atoms with Crippen LogP contribution in [-0.2, 0) is 13.2 Å². The number of imidazole rings is 1. The van der Waals surface area contributed by atoms with Crippen LogP contribution in [0.2, 0.25) is 0 Å². The Morgan fingerprint density at radius 2 is 1.70 bits per heavy atom. The number of hydrogen-bond donors (Lipinski definition) is 0. The highest BCUT2D eigenvalue weighted by atomic mass is 19.4. The molecule has 3 nitrogen and oxygen atoms in total. The summed E-state index contributed by atoms with van der Waals surface area (Å²) in [6.45, 7) is 1.99. The molecule has 6 aromatic rings. The third kappa shape index (κ3) is 2.03. The van der Waals surface area contributed by atoms with Gasteiger partial charge < -0.3 is 4.42 Å². The highest BCUT2D eigenvalue weighted by molar-refractivity contribution is 6.16. The van der Waals surface area contributed by atoms with E-state index in [-0.39, 0.29) is 11.1 Å². The van der Waals surface area contributed by atoms with Crippen molar-refractivity contribution in [2.24, 2.45) is 7.05 Å². The molecule has 0 saturated heterocycles. The molecule has 3 heterocycles. The summed E-state index contributed by atoms with van der Waals surface area (Å²) in [5, 5.41) is 3.62. The van der Waals surface area contributed by atoms with Crippen molar-refractivity contribution in [2.75, 3.05) is 0 Å². The standard InChI is InChI=1S/C24H16F3N2O/c1-13-6-5-8-15-14-7-3-4-9-18(14)29-21-16-10-11-30-19(16)12-17(24(25,26)27)22(21)28(2)23(29)20(13)15/h3-12H,1-2H3/q+1. The van der Waals surface area contributed by atoms with Crippen molar-refractivity contribution in [1.29, 1.82) is 0 Å². The van der Waals surface area contributed by atoms with E-state index >= 15 is 0 Å². The van der Waals surface area contributed by atoms with Crippen LogP contribution in [0, 0.1) is 6.92 Å². The van der Waals surface area contributed by atoms with E-state index < -0.39 is 11.7 Å². The maximum absolute atomic E-state index is 14.1. The Morgan fingerprint density at radius 1 is 0.933 bits per heavy atom. The molecule has 0 atom stereocenters. The average Bonchev–Trinajstić information content (AvgIpc) is 3.30. The SMILES string of the molecule is Cc1cccc2c3ccccc3n3c4c5ccoc5cc(C(F)(F)F)c4[n+](C)c3c12. The van der Waals surface area contributed by atoms with E-state index in [2.05, 4.69) is 0 Å². The summed E-state index contributed by atoms with van der Waals surface area (Å²) >= 11 is 0. The number of halogens is 3. The van der Waals surface area contributed by atoms with Crippen LogP contribution in [0.15, 0.2) is 65.3 Å². The Balaban J connectivity index is 2.09. The van der Waals surface area contributed by atoms with Crippen molar-refractivity contribution >= 4 is 49.3 Å². The second-order valence-electron chi connectivity index (χ2n) is 7.68. The van der Waals surface area contributed by atoms with Gasteiger partial charge in [-0.1, -0.05) is 36.4 Å². The lowest BCUT2D eigenvalue weighted by molar-refractivity contribution is -0.618. The molecule has 0 aliphatic rings. The lowest BCUT2D eigenvalue weighted by Crippen LogP contribution is -2.30. The zero-order chi connectivity index (χ0) is 20.8. The summed E-state index contributed by atoms with van der Waals surface area (Å²) in [5.41, 5.74) is 2.79. The zero-order valence-corrected chi connectivity index (χ0v) is 16.2. The van der Waals surface area contributed by atoms with E-state index in [1.54, 1.807) is 17.7 Å². The van der Waals surface area contributed by atoms with E-state index in [0.717, 1.165) is 39.0 Å². The number of alkyl halides is 3. The smallest absolute Gasteiger partial charge is 0.420 e. The number of fused-ring (bicyclic) bond motifs is 10. The zero-order valence-electron chi connectivity index (χ0n) is 16.2. The fourth-order valence-corrected chi connectivity index (χ4v) is 4.83. The highest BCUT2D eigenvalue weighted by Gasteiger charge is 2.39. The van der Waals surface area contributed by atoms with Crippen molar-refractivity contribution in [3.05, 3.63) is 72.0 Å². The van der Waals surface area contributed by atoms with Gasteiger partial charge in [0.1, 0.15) is 16.7 Å². The van der Waals surface area contributed by atoms with Gasteiger partial charge in [-0.3, -0.25) is 0 Å². The predicted molar refractivity (Wildman–Crippen MR) is 111 cm³/mol. The van der Waals surface area contributed by atoms with Gasteiger partial charge in [-0.15, -0.1) is 0 Å². The van der Waals surface area contributed by atoms with E-state index in [1.165, 1.54) is 6.26 Å². The summed E-state index contributed by atoms with van der Waals surface area (Å²) in [5.74, 6) is 0. The van der Waals surface area contributed by atoms with E-state index in [9.17, 15) is 13.2 Å². The molecule has 0 aliphatic carbocycles. The third-order valence-electron chi connectivity index (χ3n) is 6.03. The summed E-state index contributed by atoms with van der Waals surface area (Å²) in [6.07, 6.45) is -3.07. The molecular formula is C24H16F3N2O+. The van der Waals surface area contributed by atoms with Crippen molar-refractivity contribution in [3.63, 3.8) is 0 Å². The molecule has 0 unspecified atom stereocenters. The minimum absolute atomic E-state index is 0.150. The summed E-state index contributed by atoms with van der Waals surface area (Å²) in [4.78, 5) is 0. The quantitative estimate of drug-likeness (QED) is 0.215. The van der Waals surface area contributed by atoms with Crippen molar-refractivity contribution < 1.29 is 22.2 Å². The number of furan rings is 1. The Bertz CT molecular complexity index is 1650. The summed E-state index contributed by atoms with van der Waals surface area (Å²) in [7, 11) is 1.71. The van der Waals surface area contributed by atoms with Crippen molar-refractivity contribution in [1.82, 2.24) is 4.40 Å². The second kappa shape index (κ2) is 5.53. The number of para-hydroxylation sites is 1. The van der Waals surface area contributed by atoms with Gasteiger partial charge >= 0.3 is 6.18 Å². The van der Waals surface area contributed by atoms with Crippen LogP contribution in [0.5, 0.6) is 0 Å². The Labute approximate surface area is 168 Å². The first-order valence-electron chi connectivity index (χ1n) is 9.59. The lowest BCUT2D eigenvalue weighted by Gasteiger charge is -2.06. The molecule has 148 valence electrons. The van der Waals surface area contributed by atoms with Gasteiger partial charge in [-0.25, -0.2) is 4.57 Å². The molecule has 0 bridgehead atoms. The molecule has 6 rings (SSSR count). The number of aromatic nitrogens is 2.